The van der Waals surface area contributed by atoms with Crippen LogP contribution in [0.3, 0.4) is 0 Å². The number of carbonyl (C=O) groups excluding carboxylic acids is 1. The maximum atomic E-state index is 11.7. The van der Waals surface area contributed by atoms with E-state index in [1.54, 1.807) is 0 Å². The number of nitrogens with one attached hydrogen (secondary N) is 1. The molecule has 1 aliphatic heterocycles. The molecular weight excluding hydrogens is 206 g/mol. The van der Waals surface area contributed by atoms with Crippen molar-refractivity contribution in [1.82, 2.24) is 5.32 Å². The van der Waals surface area contributed by atoms with Gasteiger partial charge in [-0.15, -0.1) is 0 Å². The number of benzene rings is 1. The molecule has 4 nitrogen and oxygen atoms in total. The number of hydrogen-bond acceptors (Lipinski definition) is 3. The van der Waals surface area contributed by atoms with Crippen molar-refractivity contribution in [2.75, 3.05) is 19.8 Å². The van der Waals surface area contributed by atoms with Gasteiger partial charge in [-0.25, -0.2) is 0 Å². The maximum absolute atomic E-state index is 11.7. The van der Waals surface area contributed by atoms with E-state index >= 15 is 0 Å². The molecule has 0 saturated carbocycles. The molecule has 1 aromatic rings. The highest BCUT2D eigenvalue weighted by molar-refractivity contribution is 5.80. The lowest BCUT2D eigenvalue weighted by Gasteiger charge is -2.22. The first-order valence-electron chi connectivity index (χ1n) is 5.37. The lowest BCUT2D eigenvalue weighted by Crippen LogP contribution is -2.42. The van der Waals surface area contributed by atoms with Crippen molar-refractivity contribution < 1.29 is 14.3 Å². The van der Waals surface area contributed by atoms with E-state index in [4.69, 9.17) is 9.47 Å². The van der Waals surface area contributed by atoms with E-state index in [2.05, 4.69) is 5.32 Å². The Balaban J connectivity index is 1.79. The number of hydrogen-bond donors (Lipinski definition) is 1. The van der Waals surface area contributed by atoms with E-state index in [1.165, 1.54) is 0 Å². The molecule has 1 unspecified atom stereocenters. The zero-order valence-electron chi connectivity index (χ0n) is 9.02. The molecule has 1 amide bonds. The molecule has 0 aliphatic carbocycles. The van der Waals surface area contributed by atoms with Crippen molar-refractivity contribution in [2.45, 2.75) is 12.6 Å². The zero-order chi connectivity index (χ0) is 11.2. The fourth-order valence-electron chi connectivity index (χ4n) is 1.54. The van der Waals surface area contributed by atoms with Gasteiger partial charge in [0.05, 0.1) is 19.8 Å². The summed E-state index contributed by atoms with van der Waals surface area (Å²) in [7, 11) is 0. The Morgan fingerprint density at radius 2 is 2.12 bits per heavy atom. The highest BCUT2D eigenvalue weighted by Crippen LogP contribution is 2.02. The minimum atomic E-state index is -0.461. The van der Waals surface area contributed by atoms with Crippen molar-refractivity contribution in [1.29, 1.82) is 0 Å². The third kappa shape index (κ3) is 3.05. The lowest BCUT2D eigenvalue weighted by molar-refractivity contribution is -0.147. The van der Waals surface area contributed by atoms with Crippen LogP contribution in [0.2, 0.25) is 0 Å². The topological polar surface area (TPSA) is 47.6 Å². The number of amides is 1. The Hall–Kier alpha value is -1.39. The van der Waals surface area contributed by atoms with Crippen LogP contribution in [0.25, 0.3) is 0 Å². The Morgan fingerprint density at radius 3 is 2.81 bits per heavy atom. The van der Waals surface area contributed by atoms with Gasteiger partial charge in [0.15, 0.2) is 6.10 Å². The molecule has 1 saturated heterocycles. The van der Waals surface area contributed by atoms with Crippen molar-refractivity contribution in [3.8, 4) is 0 Å². The SMILES string of the molecule is O=C(NCc1ccccc1)C1COCCO1. The second-order valence-corrected chi connectivity index (χ2v) is 3.64. The molecule has 0 bridgehead atoms. The van der Waals surface area contributed by atoms with Gasteiger partial charge in [-0.3, -0.25) is 4.79 Å². The molecule has 0 spiro atoms. The first kappa shape index (κ1) is 11.1. The highest BCUT2D eigenvalue weighted by Gasteiger charge is 2.21. The third-order valence-electron chi connectivity index (χ3n) is 2.42. The summed E-state index contributed by atoms with van der Waals surface area (Å²) < 4.78 is 10.5. The van der Waals surface area contributed by atoms with Gasteiger partial charge in [-0.05, 0) is 5.56 Å². The number of ether oxygens (including phenoxy) is 2. The fourth-order valence-corrected chi connectivity index (χ4v) is 1.54. The smallest absolute Gasteiger partial charge is 0.251 e. The molecule has 16 heavy (non-hydrogen) atoms. The molecule has 0 aromatic heterocycles. The number of carbonyl (C=O) groups is 1. The Kier molecular flexibility index (Phi) is 3.91. The Bertz CT molecular complexity index is 333. The predicted octanol–water partition coefficient (Wildman–Crippen LogP) is 0.718. The highest BCUT2D eigenvalue weighted by atomic mass is 16.6. The van der Waals surface area contributed by atoms with Crippen LogP contribution in [0, 0.1) is 0 Å². The normalized spacial score (nSPS) is 20.4. The van der Waals surface area contributed by atoms with Crippen molar-refractivity contribution in [3.05, 3.63) is 35.9 Å². The van der Waals surface area contributed by atoms with Crippen LogP contribution in [-0.4, -0.2) is 31.8 Å². The summed E-state index contributed by atoms with van der Waals surface area (Å²) >= 11 is 0. The third-order valence-corrected chi connectivity index (χ3v) is 2.42. The van der Waals surface area contributed by atoms with Crippen molar-refractivity contribution in [3.63, 3.8) is 0 Å². The van der Waals surface area contributed by atoms with Crippen LogP contribution < -0.4 is 5.32 Å². The van der Waals surface area contributed by atoms with Gasteiger partial charge in [-0.1, -0.05) is 30.3 Å². The Morgan fingerprint density at radius 1 is 1.31 bits per heavy atom. The second-order valence-electron chi connectivity index (χ2n) is 3.64. The molecule has 1 N–H and O–H groups in total. The largest absolute Gasteiger partial charge is 0.376 e. The van der Waals surface area contributed by atoms with Gasteiger partial charge in [0, 0.05) is 6.54 Å². The maximum Gasteiger partial charge on any atom is 0.251 e. The van der Waals surface area contributed by atoms with E-state index in [0.29, 0.717) is 26.4 Å². The van der Waals surface area contributed by atoms with E-state index in [0.717, 1.165) is 5.56 Å². The molecule has 1 aliphatic rings. The molecule has 1 atom stereocenters. The molecule has 1 aromatic carbocycles. The van der Waals surface area contributed by atoms with E-state index < -0.39 is 6.10 Å². The van der Waals surface area contributed by atoms with Crippen LogP contribution >= 0.6 is 0 Å². The van der Waals surface area contributed by atoms with Crippen LogP contribution in [0.5, 0.6) is 0 Å². The van der Waals surface area contributed by atoms with Gasteiger partial charge in [0.25, 0.3) is 5.91 Å². The van der Waals surface area contributed by atoms with E-state index in [9.17, 15) is 4.79 Å². The van der Waals surface area contributed by atoms with E-state index in [-0.39, 0.29) is 5.91 Å². The summed E-state index contributed by atoms with van der Waals surface area (Å²) in [5, 5.41) is 2.82. The van der Waals surface area contributed by atoms with Gasteiger partial charge in [0.2, 0.25) is 0 Å². The Labute approximate surface area is 94.6 Å². The first-order chi connectivity index (χ1) is 7.86. The molecule has 2 rings (SSSR count). The standard InChI is InChI=1S/C12H15NO3/c14-12(11-9-15-6-7-16-11)13-8-10-4-2-1-3-5-10/h1-5,11H,6-9H2,(H,13,14). The van der Waals surface area contributed by atoms with Gasteiger partial charge in [-0.2, -0.15) is 0 Å². The summed E-state index contributed by atoms with van der Waals surface area (Å²) in [6.07, 6.45) is -0.461. The number of rotatable bonds is 3. The monoisotopic (exact) mass is 221 g/mol. The summed E-state index contributed by atoms with van der Waals surface area (Å²) in [6, 6.07) is 9.78. The van der Waals surface area contributed by atoms with Crippen molar-refractivity contribution >= 4 is 5.91 Å². The average molecular weight is 221 g/mol. The molecule has 4 heteroatoms. The minimum Gasteiger partial charge on any atom is -0.376 e. The summed E-state index contributed by atoms with van der Waals surface area (Å²) in [5.74, 6) is -0.108. The van der Waals surface area contributed by atoms with Gasteiger partial charge < -0.3 is 14.8 Å². The van der Waals surface area contributed by atoms with Crippen LogP contribution in [0.4, 0.5) is 0 Å². The second kappa shape index (κ2) is 5.63. The predicted molar refractivity (Wildman–Crippen MR) is 58.8 cm³/mol. The zero-order valence-corrected chi connectivity index (χ0v) is 9.02. The molecular formula is C12H15NO3. The van der Waals surface area contributed by atoms with Crippen LogP contribution in [0.15, 0.2) is 30.3 Å². The summed E-state index contributed by atoms with van der Waals surface area (Å²) in [4.78, 5) is 11.7. The van der Waals surface area contributed by atoms with Crippen molar-refractivity contribution in [2.24, 2.45) is 0 Å². The van der Waals surface area contributed by atoms with E-state index in [1.807, 2.05) is 30.3 Å². The van der Waals surface area contributed by atoms with Crippen LogP contribution in [0.1, 0.15) is 5.56 Å². The van der Waals surface area contributed by atoms with Crippen LogP contribution in [-0.2, 0) is 20.8 Å². The lowest BCUT2D eigenvalue weighted by atomic mass is 10.2. The summed E-state index contributed by atoms with van der Waals surface area (Å²) in [6.45, 7) is 1.94. The summed E-state index contributed by atoms with van der Waals surface area (Å²) in [5.41, 5.74) is 1.08. The molecule has 1 heterocycles. The van der Waals surface area contributed by atoms with Gasteiger partial charge >= 0.3 is 0 Å². The van der Waals surface area contributed by atoms with Gasteiger partial charge in [0.1, 0.15) is 0 Å². The molecule has 86 valence electrons. The average Bonchev–Trinajstić information content (AvgIpc) is 2.38. The molecule has 0 radical (unpaired) electrons. The fraction of sp³-hybridized carbons (Fsp3) is 0.417. The quantitative estimate of drug-likeness (QED) is 0.818. The molecule has 1 fully saturated rings. The minimum absolute atomic E-state index is 0.108. The first-order valence-corrected chi connectivity index (χ1v) is 5.37.